The second-order valence-electron chi connectivity index (χ2n) is 4.57. The van der Waals surface area contributed by atoms with Gasteiger partial charge in [-0.15, -0.1) is 0 Å². The summed E-state index contributed by atoms with van der Waals surface area (Å²) < 4.78 is 5.12. The number of nitrogens with zero attached hydrogens (tertiary/aromatic N) is 2. The first-order chi connectivity index (χ1) is 8.79. The van der Waals surface area contributed by atoms with Crippen molar-refractivity contribution in [2.24, 2.45) is 10.7 Å². The van der Waals surface area contributed by atoms with Gasteiger partial charge in [0.15, 0.2) is 5.96 Å². The second-order valence-corrected chi connectivity index (χ2v) is 4.57. The highest BCUT2D eigenvalue weighted by Crippen LogP contribution is 2.12. The van der Waals surface area contributed by atoms with Crippen LogP contribution in [-0.2, 0) is 6.54 Å². The lowest BCUT2D eigenvalue weighted by Crippen LogP contribution is -2.40. The third-order valence-corrected chi connectivity index (χ3v) is 3.26. The molecule has 0 aromatic heterocycles. The van der Waals surface area contributed by atoms with Gasteiger partial charge in [0, 0.05) is 13.1 Å². The Hall–Kier alpha value is -1.71. The topological polar surface area (TPSA) is 50.9 Å². The van der Waals surface area contributed by atoms with E-state index in [0.717, 1.165) is 24.4 Å². The van der Waals surface area contributed by atoms with Crippen molar-refractivity contribution >= 4 is 5.96 Å². The Morgan fingerprint density at radius 3 is 2.50 bits per heavy atom. The summed E-state index contributed by atoms with van der Waals surface area (Å²) in [6, 6.07) is 7.93. The van der Waals surface area contributed by atoms with Crippen molar-refractivity contribution in [3.63, 3.8) is 0 Å². The normalized spacial score (nSPS) is 16.7. The molecule has 0 radical (unpaired) electrons. The first-order valence-electron chi connectivity index (χ1n) is 6.47. The molecule has 1 heterocycles. The van der Waals surface area contributed by atoms with Crippen LogP contribution in [0.2, 0.25) is 0 Å². The first kappa shape index (κ1) is 12.7. The van der Waals surface area contributed by atoms with Gasteiger partial charge in [-0.2, -0.15) is 0 Å². The van der Waals surface area contributed by atoms with Gasteiger partial charge in [0.1, 0.15) is 5.75 Å². The summed E-state index contributed by atoms with van der Waals surface area (Å²) in [5.41, 5.74) is 7.15. The average Bonchev–Trinajstić information content (AvgIpc) is 2.46. The summed E-state index contributed by atoms with van der Waals surface area (Å²) in [4.78, 5) is 6.63. The number of hydrogen-bond donors (Lipinski definition) is 1. The van der Waals surface area contributed by atoms with E-state index in [2.05, 4.69) is 9.89 Å². The van der Waals surface area contributed by atoms with Crippen LogP contribution in [0.5, 0.6) is 5.75 Å². The number of aliphatic imine (C=N–C) groups is 1. The molecule has 0 atom stereocenters. The third-order valence-electron chi connectivity index (χ3n) is 3.26. The van der Waals surface area contributed by atoms with Gasteiger partial charge in [0.25, 0.3) is 0 Å². The molecule has 4 nitrogen and oxygen atoms in total. The summed E-state index contributed by atoms with van der Waals surface area (Å²) >= 11 is 0. The van der Waals surface area contributed by atoms with Crippen LogP contribution in [0.1, 0.15) is 24.8 Å². The lowest BCUT2D eigenvalue weighted by atomic mass is 10.1. The number of benzene rings is 1. The second kappa shape index (κ2) is 6.28. The summed E-state index contributed by atoms with van der Waals surface area (Å²) in [7, 11) is 1.67. The standard InChI is InChI=1S/C14H21N3O/c1-18-13-7-5-12(6-8-13)11-16-14(15)17-9-3-2-4-10-17/h5-8H,2-4,9-11H2,1H3,(H2,15,16). The van der Waals surface area contributed by atoms with Crippen LogP contribution in [-0.4, -0.2) is 31.1 Å². The Morgan fingerprint density at radius 2 is 1.89 bits per heavy atom. The molecule has 98 valence electrons. The Kier molecular flexibility index (Phi) is 4.45. The van der Waals surface area contributed by atoms with Crippen molar-refractivity contribution in [1.29, 1.82) is 0 Å². The molecule has 2 rings (SSSR count). The van der Waals surface area contributed by atoms with Crippen LogP contribution in [0.25, 0.3) is 0 Å². The summed E-state index contributed by atoms with van der Waals surface area (Å²) in [6.45, 7) is 2.71. The highest BCUT2D eigenvalue weighted by Gasteiger charge is 2.11. The van der Waals surface area contributed by atoms with Gasteiger partial charge < -0.3 is 15.4 Å². The van der Waals surface area contributed by atoms with Crippen molar-refractivity contribution in [3.05, 3.63) is 29.8 Å². The maximum absolute atomic E-state index is 6.00. The van der Waals surface area contributed by atoms with Gasteiger partial charge in [0.2, 0.25) is 0 Å². The Bertz CT molecular complexity index is 394. The Labute approximate surface area is 108 Å². The van der Waals surface area contributed by atoms with E-state index in [1.165, 1.54) is 19.3 Å². The first-order valence-corrected chi connectivity index (χ1v) is 6.47. The quantitative estimate of drug-likeness (QED) is 0.656. The zero-order chi connectivity index (χ0) is 12.8. The van der Waals surface area contributed by atoms with Gasteiger partial charge in [-0.3, -0.25) is 0 Å². The zero-order valence-corrected chi connectivity index (χ0v) is 10.9. The van der Waals surface area contributed by atoms with E-state index in [-0.39, 0.29) is 0 Å². The molecule has 18 heavy (non-hydrogen) atoms. The molecule has 1 aliphatic rings. The largest absolute Gasteiger partial charge is 0.497 e. The maximum atomic E-state index is 6.00. The van der Waals surface area contributed by atoms with Gasteiger partial charge in [-0.25, -0.2) is 4.99 Å². The van der Waals surface area contributed by atoms with E-state index in [1.807, 2.05) is 24.3 Å². The molecular weight excluding hydrogens is 226 g/mol. The maximum Gasteiger partial charge on any atom is 0.191 e. The van der Waals surface area contributed by atoms with Crippen LogP contribution in [0.4, 0.5) is 0 Å². The number of guanidine groups is 1. The van der Waals surface area contributed by atoms with Crippen molar-refractivity contribution < 1.29 is 4.74 Å². The van der Waals surface area contributed by atoms with Crippen molar-refractivity contribution in [2.45, 2.75) is 25.8 Å². The fraction of sp³-hybridized carbons (Fsp3) is 0.500. The van der Waals surface area contributed by atoms with Gasteiger partial charge >= 0.3 is 0 Å². The third kappa shape index (κ3) is 3.39. The smallest absolute Gasteiger partial charge is 0.191 e. The molecule has 1 fully saturated rings. The molecule has 0 bridgehead atoms. The number of methoxy groups -OCH3 is 1. The Morgan fingerprint density at radius 1 is 1.22 bits per heavy atom. The molecule has 1 saturated heterocycles. The number of piperidine rings is 1. The summed E-state index contributed by atoms with van der Waals surface area (Å²) in [5.74, 6) is 1.54. The summed E-state index contributed by atoms with van der Waals surface area (Å²) in [5, 5.41) is 0. The average molecular weight is 247 g/mol. The van der Waals surface area contributed by atoms with Gasteiger partial charge in [-0.1, -0.05) is 12.1 Å². The molecule has 2 N–H and O–H groups in total. The molecule has 1 aromatic carbocycles. The predicted octanol–water partition coefficient (Wildman–Crippen LogP) is 2.00. The lowest BCUT2D eigenvalue weighted by molar-refractivity contribution is 0.338. The molecule has 1 aromatic rings. The highest BCUT2D eigenvalue weighted by atomic mass is 16.5. The minimum atomic E-state index is 0.631. The highest BCUT2D eigenvalue weighted by molar-refractivity contribution is 5.78. The Balaban J connectivity index is 1.91. The fourth-order valence-corrected chi connectivity index (χ4v) is 2.13. The van der Waals surface area contributed by atoms with E-state index >= 15 is 0 Å². The zero-order valence-electron chi connectivity index (χ0n) is 10.9. The van der Waals surface area contributed by atoms with E-state index in [4.69, 9.17) is 10.5 Å². The number of likely N-dealkylation sites (tertiary alicyclic amines) is 1. The number of hydrogen-bond acceptors (Lipinski definition) is 2. The molecule has 0 amide bonds. The fourth-order valence-electron chi connectivity index (χ4n) is 2.13. The van der Waals surface area contributed by atoms with E-state index < -0.39 is 0 Å². The van der Waals surface area contributed by atoms with E-state index in [9.17, 15) is 0 Å². The minimum Gasteiger partial charge on any atom is -0.497 e. The van der Waals surface area contributed by atoms with E-state index in [0.29, 0.717) is 12.5 Å². The van der Waals surface area contributed by atoms with Crippen molar-refractivity contribution in [3.8, 4) is 5.75 Å². The monoisotopic (exact) mass is 247 g/mol. The molecule has 0 unspecified atom stereocenters. The van der Waals surface area contributed by atoms with Crippen LogP contribution in [0.15, 0.2) is 29.3 Å². The van der Waals surface area contributed by atoms with Crippen LogP contribution in [0.3, 0.4) is 0 Å². The number of ether oxygens (including phenoxy) is 1. The van der Waals surface area contributed by atoms with E-state index in [1.54, 1.807) is 7.11 Å². The van der Waals surface area contributed by atoms with Gasteiger partial charge in [-0.05, 0) is 37.0 Å². The minimum absolute atomic E-state index is 0.631. The van der Waals surface area contributed by atoms with Crippen molar-refractivity contribution in [1.82, 2.24) is 4.90 Å². The lowest BCUT2D eigenvalue weighted by Gasteiger charge is -2.27. The van der Waals surface area contributed by atoms with Crippen LogP contribution < -0.4 is 10.5 Å². The number of nitrogens with two attached hydrogens (primary N) is 1. The molecule has 4 heteroatoms. The number of rotatable bonds is 3. The van der Waals surface area contributed by atoms with Crippen LogP contribution in [0, 0.1) is 0 Å². The summed E-state index contributed by atoms with van der Waals surface area (Å²) in [6.07, 6.45) is 3.75. The van der Waals surface area contributed by atoms with Crippen LogP contribution >= 0.6 is 0 Å². The molecular formula is C14H21N3O. The molecule has 1 aliphatic heterocycles. The molecule has 0 saturated carbocycles. The SMILES string of the molecule is COc1ccc(CN=C(N)N2CCCCC2)cc1. The van der Waals surface area contributed by atoms with Gasteiger partial charge in [0.05, 0.1) is 13.7 Å². The van der Waals surface area contributed by atoms with Crippen molar-refractivity contribution in [2.75, 3.05) is 20.2 Å². The molecule has 0 aliphatic carbocycles. The molecule has 0 spiro atoms. The predicted molar refractivity (Wildman–Crippen MR) is 73.7 cm³/mol.